The fraction of sp³-hybridized carbons (Fsp3) is 0.649. The lowest BCUT2D eigenvalue weighted by molar-refractivity contribution is -0.265. The number of nitrogen functional groups attached to an aromatic ring is 2. The number of Topliss-reactive ketones (excluding diaryl/α,β-unsaturated/α-hetero) is 3. The number of methoxy groups -OCH3 is 3. The fourth-order valence-electron chi connectivity index (χ4n) is 18.0. The number of H-pyrrole nitrogens is 1. The summed E-state index contributed by atoms with van der Waals surface area (Å²) in [5, 5.41) is 32.8. The Labute approximate surface area is 774 Å². The molecule has 35 nitrogen and oxygen atoms in total. The van der Waals surface area contributed by atoms with Crippen LogP contribution in [0.3, 0.4) is 0 Å². The lowest BCUT2D eigenvalue weighted by Crippen LogP contribution is -2.61. The number of nitrogens with one attached hydrogen (secondary N) is 1. The number of anilines is 2. The topological polar surface area (TPSA) is 447 Å². The molecule has 9 N–H and O–H groups in total. The summed E-state index contributed by atoms with van der Waals surface area (Å²) in [6.07, 6.45) is 18.0. The van der Waals surface area contributed by atoms with Crippen molar-refractivity contribution in [1.82, 2.24) is 44.3 Å². The Kier molecular flexibility index (Phi) is 41.5. The predicted octanol–water partition coefficient (Wildman–Crippen LogP) is 9.32. The number of nitrogens with two attached hydrogens (primary N) is 3. The van der Waals surface area contributed by atoms with Crippen LogP contribution in [0.2, 0.25) is 0 Å². The van der Waals surface area contributed by atoms with E-state index in [1.165, 1.54) is 23.9 Å². The average molecular weight is 1840 g/mol. The number of aryl methyl sites for hydroxylation is 1. The number of carbonyl (C=O) groups is 6. The van der Waals surface area contributed by atoms with Gasteiger partial charge >= 0.3 is 5.97 Å². The second-order valence-corrected chi connectivity index (χ2v) is 35.6. The quantitative estimate of drug-likeness (QED) is 0.00899. The first kappa shape index (κ1) is 104. The minimum atomic E-state index is -2.48. The number of aromatic amines is 1. The number of ether oxygens (including phenoxy) is 14. The van der Waals surface area contributed by atoms with Gasteiger partial charge in [-0.2, -0.15) is 10.1 Å². The van der Waals surface area contributed by atoms with Crippen molar-refractivity contribution in [2.45, 2.75) is 231 Å². The highest BCUT2D eigenvalue weighted by molar-refractivity contribution is 6.39. The van der Waals surface area contributed by atoms with Crippen LogP contribution >= 0.6 is 0 Å². The smallest absolute Gasteiger partial charge is 0.329 e. The highest BCUT2D eigenvalue weighted by Crippen LogP contribution is 2.39. The standard InChI is InChI=1S/C97H142N12O23/c1-63-17-11-10-12-18-64(2)82(118-7)57-75-26-21-68(6)97(117,132-75)91(114)94(115)108-31-15-13-20-78(108)95(116)130-83(58-79(110)65(3)52-67(5)89(113)90(120-9)88(112)66(4)51-63)76(98)54-69-23-27-81(84(55-69)119-8)129-34-16-14-19-74-61-107(104-74)33-36-122-38-40-124-42-44-126-46-48-128-50-49-127-47-45-125-43-41-123-39-37-121-35-30-85(111)106-32-29-71-53-70(22-24-73(71)60-106)59-109-93-86(92(99)101-62-102-93)87(105-109)72-25-28-80-77(56-72)103-96(100)131-80/h10-12,17-18,22,24-25,28,52-53,56,61-63,65-66,68-69,75-76,78,81-84,89-90,104,113,117H,13-16,19-21,23,26-27,29-51,54-55,57-60,98H2,1-9H3,(H2,100,103)(H2,99,101,102)/b12-10?,17-11+,64-18?,67-52+/t63-,65-,66-,68-,69+,75+,76-,78+,81-,82+,83+,84-,89-,90+,97-/m1/s1. The van der Waals surface area contributed by atoms with E-state index in [1.807, 2.05) is 77.5 Å². The largest absolute Gasteiger partial charge is 0.459 e. The lowest BCUT2D eigenvalue weighted by Gasteiger charge is -2.42. The highest BCUT2D eigenvalue weighted by atomic mass is 16.6. The molecule has 0 radical (unpaired) electrons. The molecule has 8 heterocycles. The molecule has 2 amide bonds. The summed E-state index contributed by atoms with van der Waals surface area (Å²) >= 11 is 0. The molecule has 15 atom stereocenters. The van der Waals surface area contributed by atoms with Crippen molar-refractivity contribution >= 4 is 69.1 Å². The lowest BCUT2D eigenvalue weighted by atomic mass is 9.80. The predicted molar refractivity (Wildman–Crippen MR) is 492 cm³/mol. The monoisotopic (exact) mass is 1840 g/mol. The van der Waals surface area contributed by atoms with Gasteiger partial charge < -0.3 is 113 Å². The van der Waals surface area contributed by atoms with Gasteiger partial charge in [-0.15, -0.1) is 0 Å². The Morgan fingerprint density at radius 3 is 2.08 bits per heavy atom. The fourth-order valence-corrected chi connectivity index (χ4v) is 18.0. The molecule has 4 aliphatic heterocycles. The number of oxazole rings is 1. The number of hydrogen-bond donors (Lipinski definition) is 6. The van der Waals surface area contributed by atoms with Crippen LogP contribution in [-0.2, 0) is 128 Å². The van der Waals surface area contributed by atoms with E-state index in [4.69, 9.17) is 93.0 Å². The van der Waals surface area contributed by atoms with Crippen LogP contribution in [0.5, 0.6) is 0 Å². The summed E-state index contributed by atoms with van der Waals surface area (Å²) in [6.45, 7) is 20.5. The molecule has 3 fully saturated rings. The van der Waals surface area contributed by atoms with E-state index in [2.05, 4.69) is 44.4 Å². The van der Waals surface area contributed by atoms with Gasteiger partial charge in [0, 0.05) is 102 Å². The summed E-state index contributed by atoms with van der Waals surface area (Å²) in [6, 6.07) is 9.87. The number of cyclic esters (lactones) is 1. The van der Waals surface area contributed by atoms with Crippen molar-refractivity contribution in [3.05, 3.63) is 119 Å². The van der Waals surface area contributed by atoms with E-state index < -0.39 is 83.8 Å². The number of benzene rings is 2. The molecule has 2 saturated heterocycles. The molecule has 132 heavy (non-hydrogen) atoms. The second-order valence-electron chi connectivity index (χ2n) is 35.6. The highest BCUT2D eigenvalue weighted by Gasteiger charge is 2.53. The molecule has 6 aromatic rings. The number of carbonyl (C=O) groups excluding carboxylic acids is 6. The number of fused-ring (bicyclic) bond motifs is 6. The number of aliphatic hydroxyl groups is 2. The number of allylic oxidation sites excluding steroid dienone is 6. The number of aliphatic hydroxyl groups excluding tert-OH is 1. The van der Waals surface area contributed by atoms with Crippen LogP contribution in [0.25, 0.3) is 33.4 Å². The number of aromatic nitrogens is 7. The average Bonchev–Trinajstić information content (AvgIpc) is 1.57. The van der Waals surface area contributed by atoms with Crippen molar-refractivity contribution in [1.29, 1.82) is 0 Å². The molecular formula is C97H142N12O23. The molecule has 728 valence electrons. The van der Waals surface area contributed by atoms with Gasteiger partial charge in [-0.05, 0) is 162 Å². The molecule has 1 aliphatic carbocycles. The molecule has 0 unspecified atom stereocenters. The Morgan fingerprint density at radius 1 is 0.712 bits per heavy atom. The van der Waals surface area contributed by atoms with Crippen molar-refractivity contribution in [3.8, 4) is 11.3 Å². The molecule has 2 aromatic carbocycles. The van der Waals surface area contributed by atoms with E-state index in [-0.39, 0.29) is 73.3 Å². The minimum absolute atomic E-state index is 0.000494. The van der Waals surface area contributed by atoms with Gasteiger partial charge in [-0.25, -0.2) is 19.4 Å². The number of esters is 1. The van der Waals surface area contributed by atoms with E-state index >= 15 is 0 Å². The first-order valence-electron chi connectivity index (χ1n) is 47.1. The molecule has 11 rings (SSSR count). The summed E-state index contributed by atoms with van der Waals surface area (Å²) in [5.74, 6) is -7.85. The maximum Gasteiger partial charge on any atom is 0.329 e. The zero-order valence-electron chi connectivity index (χ0n) is 78.5. The first-order chi connectivity index (χ1) is 63.8. The Bertz CT molecular complexity index is 4760. The number of rotatable bonds is 42. The second kappa shape index (κ2) is 52.9. The van der Waals surface area contributed by atoms with Gasteiger partial charge in [0.15, 0.2) is 17.0 Å². The summed E-state index contributed by atoms with van der Waals surface area (Å²) < 4.78 is 91.2. The van der Waals surface area contributed by atoms with Crippen LogP contribution < -0.4 is 17.2 Å². The Balaban J connectivity index is 0.497. The number of ketones is 3. The molecule has 4 aromatic heterocycles. The summed E-state index contributed by atoms with van der Waals surface area (Å²) in [4.78, 5) is 101. The van der Waals surface area contributed by atoms with Gasteiger partial charge in [0.2, 0.25) is 11.7 Å². The van der Waals surface area contributed by atoms with Gasteiger partial charge in [0.25, 0.3) is 17.7 Å². The third-order valence-electron chi connectivity index (χ3n) is 25.7. The molecule has 35 heteroatoms. The molecular weight excluding hydrogens is 1700 g/mol. The van der Waals surface area contributed by atoms with Gasteiger partial charge in [0.05, 0.1) is 155 Å². The maximum absolute atomic E-state index is 14.7. The number of unbranched alkanes of at least 4 members (excludes halogenated alkanes) is 1. The first-order valence-corrected chi connectivity index (χ1v) is 47.1. The SMILES string of the molecule is CO[C@H]1C[C@@H]2CC[C@@H](C)[C@@](O)(O2)C(=O)C(=O)N2CCCC[C@H]2C(=O)O[C@H]([C@H](N)C[C@@H]2CC[C@@H](OCCCCc3cn(CCOCCOCCOCCOCCOCCOCCOCCOCCC(=O)N4CCc5cc(Cn6nc(-c7ccc8oc(N)nc8c7)c7c(N)ncnc76)ccc5C4)[nH]3)[C@H](OC)C2)CC(=O)[C@H](C)/C=C(\C)[C@@H](O)[C@@H](OC)C(=O)[C@H](C)C[C@H](C)/C=C/C=CC=C1C. The Hall–Kier alpha value is -8.86. The summed E-state index contributed by atoms with van der Waals surface area (Å²) in [7, 11) is 4.61. The van der Waals surface area contributed by atoms with E-state index in [9.17, 15) is 39.0 Å². The van der Waals surface area contributed by atoms with Crippen molar-refractivity contribution in [2.24, 2.45) is 35.3 Å². The van der Waals surface area contributed by atoms with Gasteiger partial charge in [-0.1, -0.05) is 82.4 Å². The van der Waals surface area contributed by atoms with Crippen LogP contribution in [-0.4, -0.2) is 297 Å². The zero-order valence-corrected chi connectivity index (χ0v) is 78.5. The van der Waals surface area contributed by atoms with Crippen LogP contribution in [0.1, 0.15) is 160 Å². The minimum Gasteiger partial charge on any atom is -0.459 e. The normalized spacial score (nSPS) is 25.9. The Morgan fingerprint density at radius 2 is 1.40 bits per heavy atom. The van der Waals surface area contributed by atoms with Crippen molar-refractivity contribution in [3.63, 3.8) is 0 Å². The number of piperidine rings is 1. The van der Waals surface area contributed by atoms with Gasteiger partial charge in [0.1, 0.15) is 53.5 Å². The van der Waals surface area contributed by atoms with Crippen molar-refractivity contribution in [2.75, 3.05) is 158 Å². The summed E-state index contributed by atoms with van der Waals surface area (Å²) in [5.41, 5.74) is 28.2. The maximum atomic E-state index is 14.7. The number of nitrogens with zero attached hydrogens (tertiary/aromatic N) is 8. The van der Waals surface area contributed by atoms with Crippen LogP contribution in [0.4, 0.5) is 11.8 Å². The van der Waals surface area contributed by atoms with E-state index in [0.717, 1.165) is 60.1 Å². The number of amides is 2. The van der Waals surface area contributed by atoms with Crippen LogP contribution in [0, 0.1) is 29.6 Å². The van der Waals surface area contributed by atoms with Gasteiger partial charge in [-0.3, -0.25) is 28.7 Å². The zero-order chi connectivity index (χ0) is 94.1. The van der Waals surface area contributed by atoms with E-state index in [1.54, 1.807) is 47.1 Å². The van der Waals surface area contributed by atoms with Crippen LogP contribution in [0.15, 0.2) is 101 Å². The molecule has 1 saturated carbocycles. The third-order valence-corrected chi connectivity index (χ3v) is 25.7. The molecule has 2 bridgehead atoms. The number of hydrogen-bond acceptors (Lipinski definition) is 30. The van der Waals surface area contributed by atoms with E-state index in [0.29, 0.717) is 236 Å². The third kappa shape index (κ3) is 30.1. The molecule has 5 aliphatic rings. The molecule has 0 spiro atoms. The van der Waals surface area contributed by atoms with Crippen molar-refractivity contribution < 1.29 is 110 Å².